The molecule has 4 heterocycles. The molecule has 0 aliphatic carbocycles. The Morgan fingerprint density at radius 3 is 2.46 bits per heavy atom. The summed E-state index contributed by atoms with van der Waals surface area (Å²) in [6.45, 7) is 9.75. The summed E-state index contributed by atoms with van der Waals surface area (Å²) in [4.78, 5) is 50.6. The maximum absolute atomic E-state index is 13.0. The Labute approximate surface area is 239 Å². The van der Waals surface area contributed by atoms with Crippen LogP contribution in [0, 0.1) is 17.4 Å². The van der Waals surface area contributed by atoms with Crippen LogP contribution in [0.15, 0.2) is 53.9 Å². The van der Waals surface area contributed by atoms with E-state index in [2.05, 4.69) is 50.1 Å². The molecular weight excluding hydrogens is 520 g/mol. The number of nitriles is 1. The Morgan fingerprint density at radius 2 is 1.78 bits per heavy atom. The summed E-state index contributed by atoms with van der Waals surface area (Å²) >= 11 is 0. The number of fused-ring (bicyclic) bond motifs is 1. The van der Waals surface area contributed by atoms with Crippen molar-refractivity contribution in [3.63, 3.8) is 0 Å². The summed E-state index contributed by atoms with van der Waals surface area (Å²) in [5, 5.41) is 13.3. The van der Waals surface area contributed by atoms with Crippen molar-refractivity contribution in [1.29, 1.82) is 5.26 Å². The van der Waals surface area contributed by atoms with Crippen molar-refractivity contribution in [3.8, 4) is 6.19 Å². The van der Waals surface area contributed by atoms with Gasteiger partial charge in [0.2, 0.25) is 11.9 Å². The number of benzene rings is 1. The highest BCUT2D eigenvalue weighted by molar-refractivity contribution is 5.94. The highest BCUT2D eigenvalue weighted by atomic mass is 16.2. The third-order valence-electron chi connectivity index (χ3n) is 7.67. The Kier molecular flexibility index (Phi) is 8.24. The van der Waals surface area contributed by atoms with Crippen molar-refractivity contribution < 1.29 is 9.59 Å². The van der Waals surface area contributed by atoms with Crippen molar-refractivity contribution in [3.05, 3.63) is 54.6 Å². The summed E-state index contributed by atoms with van der Waals surface area (Å²) in [7, 11) is 0. The van der Waals surface area contributed by atoms with Gasteiger partial charge in [-0.2, -0.15) is 5.26 Å². The van der Waals surface area contributed by atoms with E-state index in [1.165, 1.54) is 6.20 Å². The van der Waals surface area contributed by atoms with Gasteiger partial charge >= 0.3 is 0 Å². The molecule has 12 nitrogen and oxygen atoms in total. The third kappa shape index (κ3) is 6.04. The van der Waals surface area contributed by atoms with Crippen LogP contribution in [0.1, 0.15) is 31.3 Å². The van der Waals surface area contributed by atoms with Gasteiger partial charge in [-0.15, -0.1) is 0 Å². The van der Waals surface area contributed by atoms with E-state index >= 15 is 0 Å². The second-order valence-electron chi connectivity index (χ2n) is 10.5. The number of aromatic nitrogens is 3. The molecule has 2 saturated heterocycles. The number of nitrogens with one attached hydrogen (secondary N) is 1. The van der Waals surface area contributed by atoms with E-state index in [0.29, 0.717) is 63.3 Å². The Hall–Kier alpha value is -4.79. The fourth-order valence-corrected chi connectivity index (χ4v) is 5.35. The number of rotatable bonds is 4. The molecule has 2 aliphatic heterocycles. The average Bonchev–Trinajstić information content (AvgIpc) is 3.00. The van der Waals surface area contributed by atoms with Crippen LogP contribution >= 0.6 is 0 Å². The van der Waals surface area contributed by atoms with E-state index in [1.807, 2.05) is 30.3 Å². The third-order valence-corrected chi connectivity index (χ3v) is 7.67. The molecule has 2 aromatic heterocycles. The molecule has 41 heavy (non-hydrogen) atoms. The van der Waals surface area contributed by atoms with E-state index in [-0.39, 0.29) is 23.8 Å². The molecule has 2 aliphatic rings. The van der Waals surface area contributed by atoms with E-state index in [4.69, 9.17) is 4.99 Å². The van der Waals surface area contributed by atoms with Gasteiger partial charge in [0.05, 0.1) is 29.6 Å². The van der Waals surface area contributed by atoms with Crippen LogP contribution in [0.25, 0.3) is 10.9 Å². The topological polar surface area (TPSA) is 134 Å². The molecular formula is C29H34N10O2. The van der Waals surface area contributed by atoms with E-state index in [9.17, 15) is 14.9 Å². The SMILES string of the molecule is CC(=O)N1CCN(C(=O)c2cnc(N3CCN(C(=Nc4cccc5ncccc45)NC#N)C(C(C)C)C3)cn2)CC1. The zero-order valence-electron chi connectivity index (χ0n) is 23.6. The molecule has 5 rings (SSSR count). The van der Waals surface area contributed by atoms with Crippen molar-refractivity contribution in [1.82, 2.24) is 35.0 Å². The minimum atomic E-state index is -0.177. The second-order valence-corrected chi connectivity index (χ2v) is 10.5. The van der Waals surface area contributed by atoms with Crippen LogP contribution in [0.5, 0.6) is 0 Å². The maximum Gasteiger partial charge on any atom is 0.274 e. The second kappa shape index (κ2) is 12.2. The van der Waals surface area contributed by atoms with Crippen molar-refractivity contribution in [2.24, 2.45) is 10.9 Å². The minimum Gasteiger partial charge on any atom is -0.351 e. The Balaban J connectivity index is 1.31. The fraction of sp³-hybridized carbons (Fsp3) is 0.414. The van der Waals surface area contributed by atoms with Crippen LogP contribution < -0.4 is 10.2 Å². The number of pyridine rings is 1. The van der Waals surface area contributed by atoms with Crippen LogP contribution in [0.4, 0.5) is 11.5 Å². The molecule has 0 radical (unpaired) electrons. The molecule has 0 bridgehead atoms. The Morgan fingerprint density at radius 1 is 1.00 bits per heavy atom. The molecule has 12 heteroatoms. The van der Waals surface area contributed by atoms with E-state index in [0.717, 1.165) is 16.6 Å². The van der Waals surface area contributed by atoms with Crippen molar-refractivity contribution in [2.75, 3.05) is 50.7 Å². The van der Waals surface area contributed by atoms with Crippen molar-refractivity contribution >= 4 is 40.2 Å². The summed E-state index contributed by atoms with van der Waals surface area (Å²) in [6, 6.07) is 9.67. The Bertz CT molecular complexity index is 1470. The lowest BCUT2D eigenvalue weighted by atomic mass is 10.00. The molecule has 212 valence electrons. The molecule has 3 aromatic rings. The fourth-order valence-electron chi connectivity index (χ4n) is 5.35. The van der Waals surface area contributed by atoms with Gasteiger partial charge < -0.3 is 19.6 Å². The molecule has 1 atom stereocenters. The van der Waals surface area contributed by atoms with Gasteiger partial charge in [-0.3, -0.25) is 19.9 Å². The van der Waals surface area contributed by atoms with Gasteiger partial charge in [-0.05, 0) is 30.2 Å². The molecule has 0 saturated carbocycles. The first-order valence-electron chi connectivity index (χ1n) is 13.8. The largest absolute Gasteiger partial charge is 0.351 e. The lowest BCUT2D eigenvalue weighted by molar-refractivity contribution is -0.130. The van der Waals surface area contributed by atoms with E-state index in [1.54, 1.807) is 29.1 Å². The van der Waals surface area contributed by atoms with Gasteiger partial charge in [-0.25, -0.2) is 15.0 Å². The average molecular weight is 555 g/mol. The smallest absolute Gasteiger partial charge is 0.274 e. The quantitative estimate of drug-likeness (QED) is 0.223. The maximum atomic E-state index is 13.0. The summed E-state index contributed by atoms with van der Waals surface area (Å²) < 4.78 is 0. The number of nitrogens with zero attached hydrogens (tertiary/aromatic N) is 9. The van der Waals surface area contributed by atoms with Crippen LogP contribution in [-0.2, 0) is 4.79 Å². The highest BCUT2D eigenvalue weighted by Crippen LogP contribution is 2.27. The standard InChI is InChI=1S/C29H34N10O2/c1-20(2)26-18-38(27-17-32-25(16-33-27)28(41)37-12-10-36(11-13-37)21(3)40)14-15-39(26)29(34-19-30)35-24-8-4-7-23-22(24)6-5-9-31-23/h4-9,16-17,20,26H,10-15,18H2,1-3H3,(H,34,35). The summed E-state index contributed by atoms with van der Waals surface area (Å²) in [6.07, 6.45) is 6.99. The number of carbonyl (C=O) groups excluding carboxylic acids is 2. The first-order chi connectivity index (χ1) is 19.9. The van der Waals surface area contributed by atoms with Crippen LogP contribution in [-0.4, -0.2) is 99.3 Å². The van der Waals surface area contributed by atoms with Gasteiger partial charge in [0.1, 0.15) is 11.5 Å². The number of hydrogen-bond acceptors (Lipinski definition) is 8. The number of hydrogen-bond donors (Lipinski definition) is 1. The van der Waals surface area contributed by atoms with Gasteiger partial charge in [0.25, 0.3) is 5.91 Å². The monoisotopic (exact) mass is 554 g/mol. The number of carbonyl (C=O) groups is 2. The normalized spacial score (nSPS) is 18.0. The minimum absolute atomic E-state index is 0.0219. The molecule has 2 amide bonds. The summed E-state index contributed by atoms with van der Waals surface area (Å²) in [5.41, 5.74) is 1.88. The lowest BCUT2D eigenvalue weighted by Crippen LogP contribution is -2.59. The molecule has 1 N–H and O–H groups in total. The first kappa shape index (κ1) is 27.8. The van der Waals surface area contributed by atoms with Crippen LogP contribution in [0.2, 0.25) is 0 Å². The van der Waals surface area contributed by atoms with E-state index < -0.39 is 0 Å². The predicted octanol–water partition coefficient (Wildman–Crippen LogP) is 2.23. The molecule has 2 fully saturated rings. The molecule has 1 aromatic carbocycles. The lowest BCUT2D eigenvalue weighted by Gasteiger charge is -2.44. The number of anilines is 1. The number of amides is 2. The number of aliphatic imine (C=N–C) groups is 1. The number of piperazine rings is 2. The highest BCUT2D eigenvalue weighted by Gasteiger charge is 2.33. The first-order valence-corrected chi connectivity index (χ1v) is 13.8. The zero-order valence-corrected chi connectivity index (χ0v) is 23.6. The van der Waals surface area contributed by atoms with Gasteiger partial charge in [0, 0.05) is 64.3 Å². The number of guanidine groups is 1. The van der Waals surface area contributed by atoms with Crippen LogP contribution in [0.3, 0.4) is 0 Å². The van der Waals surface area contributed by atoms with Gasteiger partial charge in [0.15, 0.2) is 6.19 Å². The van der Waals surface area contributed by atoms with Gasteiger partial charge in [-0.1, -0.05) is 19.9 Å². The zero-order chi connectivity index (χ0) is 28.9. The predicted molar refractivity (Wildman–Crippen MR) is 155 cm³/mol. The molecule has 1 unspecified atom stereocenters. The molecule has 0 spiro atoms. The summed E-state index contributed by atoms with van der Waals surface area (Å²) in [5.74, 6) is 1.29. The van der Waals surface area contributed by atoms with Crippen molar-refractivity contribution in [2.45, 2.75) is 26.8 Å².